The van der Waals surface area contributed by atoms with E-state index in [-0.39, 0.29) is 10.6 Å². The zero-order chi connectivity index (χ0) is 22.9. The second-order valence-corrected chi connectivity index (χ2v) is 9.81. The van der Waals surface area contributed by atoms with Gasteiger partial charge in [-0.05, 0) is 66.7 Å². The molecule has 0 bridgehead atoms. The normalized spacial score (nSPS) is 11.3. The summed E-state index contributed by atoms with van der Waals surface area (Å²) in [4.78, 5) is 13.1. The van der Waals surface area contributed by atoms with Gasteiger partial charge in [-0.1, -0.05) is 11.6 Å². The van der Waals surface area contributed by atoms with Gasteiger partial charge in [-0.15, -0.1) is 11.3 Å². The van der Waals surface area contributed by atoms with E-state index in [0.29, 0.717) is 21.3 Å². The highest BCUT2D eigenvalue weighted by Gasteiger charge is 2.19. The Kier molecular flexibility index (Phi) is 6.05. The predicted octanol–water partition coefficient (Wildman–Crippen LogP) is 5.76. The van der Waals surface area contributed by atoms with E-state index in [1.165, 1.54) is 47.7 Å². The fourth-order valence-corrected chi connectivity index (χ4v) is 5.46. The van der Waals surface area contributed by atoms with Crippen LogP contribution in [0.2, 0.25) is 5.02 Å². The number of nitrogens with one attached hydrogen (secondary N) is 2. The van der Waals surface area contributed by atoms with Crippen LogP contribution in [0.5, 0.6) is 5.75 Å². The molecule has 0 radical (unpaired) electrons. The molecule has 1 amide bonds. The number of hydrogen-bond donors (Lipinski definition) is 2. The molecule has 1 heterocycles. The summed E-state index contributed by atoms with van der Waals surface area (Å²) in [7, 11) is -2.31. The lowest BCUT2D eigenvalue weighted by Crippen LogP contribution is -2.14. The third kappa shape index (κ3) is 4.55. The zero-order valence-corrected chi connectivity index (χ0v) is 18.9. The third-order valence-electron chi connectivity index (χ3n) is 4.56. The maximum atomic E-state index is 13.0. The maximum absolute atomic E-state index is 13.0. The number of benzene rings is 3. The van der Waals surface area contributed by atoms with Crippen LogP contribution >= 0.6 is 22.9 Å². The molecule has 1 aromatic heterocycles. The van der Waals surface area contributed by atoms with Crippen molar-refractivity contribution in [2.24, 2.45) is 0 Å². The molecule has 0 saturated carbocycles. The molecule has 164 valence electrons. The van der Waals surface area contributed by atoms with Crippen molar-refractivity contribution in [3.05, 3.63) is 82.4 Å². The topological polar surface area (TPSA) is 84.5 Å². The molecule has 0 aliphatic carbocycles. The number of rotatable bonds is 6. The van der Waals surface area contributed by atoms with Crippen LogP contribution in [0, 0.1) is 5.82 Å². The van der Waals surface area contributed by atoms with Gasteiger partial charge in [0.25, 0.3) is 15.9 Å². The summed E-state index contributed by atoms with van der Waals surface area (Å²) in [6.45, 7) is 0. The molecule has 6 nitrogen and oxygen atoms in total. The molecule has 32 heavy (non-hydrogen) atoms. The quantitative estimate of drug-likeness (QED) is 0.360. The van der Waals surface area contributed by atoms with Gasteiger partial charge in [0.15, 0.2) is 0 Å². The Balaban J connectivity index is 1.51. The van der Waals surface area contributed by atoms with Gasteiger partial charge in [-0.2, -0.15) is 0 Å². The van der Waals surface area contributed by atoms with Crippen LogP contribution in [0.25, 0.3) is 10.1 Å². The SMILES string of the molecule is COc1ccc2c(Cl)c(C(=O)Nc3ccc(S(=O)(=O)Nc4ccc(F)cc4)cc3)sc2c1. The largest absolute Gasteiger partial charge is 0.497 e. The Morgan fingerprint density at radius 1 is 1.00 bits per heavy atom. The number of carbonyl (C=O) groups is 1. The first-order valence-corrected chi connectivity index (χ1v) is 11.9. The molecule has 0 aliphatic rings. The maximum Gasteiger partial charge on any atom is 0.267 e. The van der Waals surface area contributed by atoms with Crippen molar-refractivity contribution in [3.63, 3.8) is 0 Å². The number of sulfonamides is 1. The summed E-state index contributed by atoms with van der Waals surface area (Å²) in [6.07, 6.45) is 0. The summed E-state index contributed by atoms with van der Waals surface area (Å²) < 4.78 is 46.4. The number of carbonyl (C=O) groups excluding carboxylic acids is 1. The van der Waals surface area contributed by atoms with E-state index in [4.69, 9.17) is 16.3 Å². The van der Waals surface area contributed by atoms with Crippen LogP contribution in [0.15, 0.2) is 71.6 Å². The number of halogens is 2. The Bertz CT molecular complexity index is 1400. The molecule has 0 unspecified atom stereocenters. The van der Waals surface area contributed by atoms with Crippen molar-refractivity contribution >= 4 is 60.3 Å². The van der Waals surface area contributed by atoms with Crippen molar-refractivity contribution in [2.75, 3.05) is 17.1 Å². The van der Waals surface area contributed by atoms with Gasteiger partial charge in [0.05, 0.1) is 17.0 Å². The molecule has 2 N–H and O–H groups in total. The van der Waals surface area contributed by atoms with Crippen molar-refractivity contribution in [3.8, 4) is 5.75 Å². The minimum Gasteiger partial charge on any atom is -0.497 e. The Morgan fingerprint density at radius 2 is 1.66 bits per heavy atom. The van der Waals surface area contributed by atoms with Crippen molar-refractivity contribution < 1.29 is 22.3 Å². The minimum atomic E-state index is -3.87. The fourth-order valence-electron chi connectivity index (χ4n) is 2.96. The van der Waals surface area contributed by atoms with Crippen molar-refractivity contribution in [2.45, 2.75) is 4.90 Å². The Labute approximate surface area is 192 Å². The van der Waals surface area contributed by atoms with Gasteiger partial charge in [-0.3, -0.25) is 9.52 Å². The first kappa shape index (κ1) is 22.1. The fraction of sp³-hybridized carbons (Fsp3) is 0.0455. The lowest BCUT2D eigenvalue weighted by atomic mass is 10.2. The summed E-state index contributed by atoms with van der Waals surface area (Å²) in [5, 5.41) is 3.81. The number of hydrogen-bond acceptors (Lipinski definition) is 5. The number of methoxy groups -OCH3 is 1. The standard InChI is InChI=1S/C22H16ClFN2O4S2/c1-30-16-8-11-18-19(12-16)31-21(20(18)23)22(27)25-14-6-9-17(10-7-14)32(28,29)26-15-4-2-13(24)3-5-15/h2-12,26H,1H3,(H,25,27). The average Bonchev–Trinajstić information content (AvgIpc) is 3.11. The highest BCUT2D eigenvalue weighted by atomic mass is 35.5. The second kappa shape index (κ2) is 8.78. The van der Waals surface area contributed by atoms with Crippen LogP contribution in [0.1, 0.15) is 9.67 Å². The lowest BCUT2D eigenvalue weighted by molar-refractivity contribution is 0.103. The molecule has 0 saturated heterocycles. The minimum absolute atomic E-state index is 0.00758. The van der Waals surface area contributed by atoms with Crippen LogP contribution in [0.3, 0.4) is 0 Å². The van der Waals surface area contributed by atoms with Gasteiger partial charge < -0.3 is 10.1 Å². The van der Waals surface area contributed by atoms with Gasteiger partial charge in [0.1, 0.15) is 16.4 Å². The number of amides is 1. The van der Waals surface area contributed by atoms with Gasteiger partial charge >= 0.3 is 0 Å². The highest BCUT2D eigenvalue weighted by molar-refractivity contribution is 7.92. The van der Waals surface area contributed by atoms with E-state index in [0.717, 1.165) is 22.2 Å². The molecule has 0 atom stereocenters. The molecule has 0 spiro atoms. The summed E-state index contributed by atoms with van der Waals surface area (Å²) >= 11 is 7.62. The molecule has 0 aliphatic heterocycles. The van der Waals surface area contributed by atoms with E-state index >= 15 is 0 Å². The molecule has 0 fully saturated rings. The lowest BCUT2D eigenvalue weighted by Gasteiger charge is -2.09. The molecule has 4 rings (SSSR count). The van der Waals surface area contributed by atoms with Gasteiger partial charge in [0, 0.05) is 21.5 Å². The number of thiophene rings is 1. The van der Waals surface area contributed by atoms with Gasteiger partial charge in [0.2, 0.25) is 0 Å². The first-order valence-electron chi connectivity index (χ1n) is 9.23. The van der Waals surface area contributed by atoms with Crippen LogP contribution in [-0.2, 0) is 10.0 Å². The average molecular weight is 491 g/mol. The number of ether oxygens (including phenoxy) is 1. The van der Waals surface area contributed by atoms with E-state index in [9.17, 15) is 17.6 Å². The van der Waals surface area contributed by atoms with Crippen molar-refractivity contribution in [1.29, 1.82) is 0 Å². The smallest absolute Gasteiger partial charge is 0.267 e. The second-order valence-electron chi connectivity index (χ2n) is 6.70. The van der Waals surface area contributed by atoms with E-state index in [1.54, 1.807) is 25.3 Å². The number of fused-ring (bicyclic) bond motifs is 1. The Hall–Kier alpha value is -3.14. The van der Waals surface area contributed by atoms with Crippen LogP contribution in [0.4, 0.5) is 15.8 Å². The summed E-state index contributed by atoms with van der Waals surface area (Å²) in [5.41, 5.74) is 0.640. The highest BCUT2D eigenvalue weighted by Crippen LogP contribution is 2.37. The predicted molar refractivity (Wildman–Crippen MR) is 125 cm³/mol. The monoisotopic (exact) mass is 490 g/mol. The van der Waals surface area contributed by atoms with E-state index in [1.807, 2.05) is 0 Å². The van der Waals surface area contributed by atoms with Crippen molar-refractivity contribution in [1.82, 2.24) is 0 Å². The molecule has 4 aromatic rings. The van der Waals surface area contributed by atoms with E-state index < -0.39 is 21.7 Å². The van der Waals surface area contributed by atoms with E-state index in [2.05, 4.69) is 10.0 Å². The molecular weight excluding hydrogens is 475 g/mol. The van der Waals surface area contributed by atoms with Crippen LogP contribution in [-0.4, -0.2) is 21.4 Å². The molecular formula is C22H16ClFN2O4S2. The summed E-state index contributed by atoms with van der Waals surface area (Å²) in [5.74, 6) is -0.213. The van der Waals surface area contributed by atoms with Crippen LogP contribution < -0.4 is 14.8 Å². The zero-order valence-electron chi connectivity index (χ0n) is 16.6. The Morgan fingerprint density at radius 3 is 2.31 bits per heavy atom. The number of anilines is 2. The molecule has 3 aromatic carbocycles. The third-order valence-corrected chi connectivity index (χ3v) is 7.61. The van der Waals surface area contributed by atoms with Gasteiger partial charge in [-0.25, -0.2) is 12.8 Å². The first-order chi connectivity index (χ1) is 15.3. The summed E-state index contributed by atoms with van der Waals surface area (Å²) in [6, 6.07) is 16.0. The molecule has 10 heteroatoms.